The first-order valence-electron chi connectivity index (χ1n) is 8.53. The molecule has 0 radical (unpaired) electrons. The Balaban J connectivity index is 1.37. The minimum atomic E-state index is -0.349. The van der Waals surface area contributed by atoms with Crippen LogP contribution >= 0.6 is 23.1 Å². The molecule has 0 aliphatic carbocycles. The number of benzene rings is 2. The molecule has 3 aromatic rings. The van der Waals surface area contributed by atoms with E-state index < -0.39 is 0 Å². The van der Waals surface area contributed by atoms with E-state index in [1.165, 1.54) is 35.2 Å². The van der Waals surface area contributed by atoms with Crippen LogP contribution in [0.2, 0.25) is 0 Å². The molecule has 0 saturated carbocycles. The van der Waals surface area contributed by atoms with Crippen LogP contribution < -0.4 is 15.4 Å². The molecule has 3 rings (SSSR count). The number of halogens is 1. The van der Waals surface area contributed by atoms with Gasteiger partial charge in [-0.2, -0.15) is 0 Å². The van der Waals surface area contributed by atoms with E-state index in [9.17, 15) is 14.0 Å². The number of carbonyl (C=O) groups is 2. The van der Waals surface area contributed by atoms with Gasteiger partial charge in [-0.05, 0) is 29.8 Å². The van der Waals surface area contributed by atoms with Gasteiger partial charge >= 0.3 is 0 Å². The molecule has 10 heteroatoms. The Labute approximate surface area is 174 Å². The van der Waals surface area contributed by atoms with E-state index in [1.807, 2.05) is 18.2 Å². The van der Waals surface area contributed by atoms with Gasteiger partial charge < -0.3 is 10.1 Å². The molecule has 0 aliphatic rings. The molecule has 29 heavy (non-hydrogen) atoms. The lowest BCUT2D eigenvalue weighted by molar-refractivity contribution is -0.119. The smallest absolute Gasteiger partial charge is 0.264 e. The molecule has 0 atom stereocenters. The molecule has 0 unspecified atom stereocenters. The summed E-state index contributed by atoms with van der Waals surface area (Å²) in [6.45, 7) is 0.177. The van der Waals surface area contributed by atoms with Gasteiger partial charge in [-0.25, -0.2) is 4.39 Å². The molecule has 0 bridgehead atoms. The quantitative estimate of drug-likeness (QED) is 0.399. The number of ether oxygens (including phenoxy) is 1. The Hall–Kier alpha value is -2.98. The van der Waals surface area contributed by atoms with Crippen LogP contribution in [-0.4, -0.2) is 34.4 Å². The van der Waals surface area contributed by atoms with E-state index in [0.717, 1.165) is 5.56 Å². The fourth-order valence-electron chi connectivity index (χ4n) is 2.12. The zero-order valence-corrected chi connectivity index (χ0v) is 16.8. The third kappa shape index (κ3) is 7.16. The average Bonchev–Trinajstić information content (AvgIpc) is 3.18. The van der Waals surface area contributed by atoms with Crippen molar-refractivity contribution in [3.8, 4) is 5.75 Å². The summed E-state index contributed by atoms with van der Waals surface area (Å²) < 4.78 is 18.8. The van der Waals surface area contributed by atoms with E-state index in [1.54, 1.807) is 24.3 Å². The van der Waals surface area contributed by atoms with Crippen LogP contribution in [-0.2, 0) is 16.1 Å². The lowest BCUT2D eigenvalue weighted by atomic mass is 10.2. The van der Waals surface area contributed by atoms with Gasteiger partial charge in [0, 0.05) is 6.54 Å². The van der Waals surface area contributed by atoms with Gasteiger partial charge in [-0.1, -0.05) is 53.4 Å². The van der Waals surface area contributed by atoms with Gasteiger partial charge in [0.1, 0.15) is 11.6 Å². The highest BCUT2D eigenvalue weighted by Gasteiger charge is 2.11. The number of rotatable bonds is 9. The normalized spacial score (nSPS) is 10.4. The van der Waals surface area contributed by atoms with Crippen molar-refractivity contribution in [3.05, 3.63) is 66.0 Å². The maximum absolute atomic E-state index is 12.9. The lowest BCUT2D eigenvalue weighted by Crippen LogP contribution is -2.24. The number of nitrogens with one attached hydrogen (secondary N) is 2. The zero-order chi connectivity index (χ0) is 20.5. The van der Waals surface area contributed by atoms with Crippen molar-refractivity contribution in [1.29, 1.82) is 0 Å². The van der Waals surface area contributed by atoms with Gasteiger partial charge in [-0.3, -0.25) is 14.9 Å². The average molecular weight is 433 g/mol. The summed E-state index contributed by atoms with van der Waals surface area (Å²) in [7, 11) is 0. The fourth-order valence-corrected chi connectivity index (χ4v) is 3.72. The summed E-state index contributed by atoms with van der Waals surface area (Å²) in [5.74, 6) is -0.0971. The molecular weight excluding hydrogens is 415 g/mol. The van der Waals surface area contributed by atoms with Gasteiger partial charge in [0.15, 0.2) is 10.9 Å². The molecule has 1 heterocycles. The molecule has 0 fully saturated rings. The summed E-state index contributed by atoms with van der Waals surface area (Å²) in [5, 5.41) is 13.5. The number of anilines is 1. The van der Waals surface area contributed by atoms with E-state index in [0.29, 0.717) is 21.8 Å². The second-order valence-corrected chi connectivity index (χ2v) is 7.91. The van der Waals surface area contributed by atoms with Crippen LogP contribution in [0, 0.1) is 5.82 Å². The molecule has 2 aromatic carbocycles. The minimum Gasteiger partial charge on any atom is -0.484 e. The summed E-state index contributed by atoms with van der Waals surface area (Å²) in [4.78, 5) is 23.8. The molecular formula is C19H17FN4O3S2. The van der Waals surface area contributed by atoms with Crippen LogP contribution in [0.25, 0.3) is 0 Å². The third-order valence-electron chi connectivity index (χ3n) is 3.50. The highest BCUT2D eigenvalue weighted by molar-refractivity contribution is 8.01. The highest BCUT2D eigenvalue weighted by atomic mass is 32.2. The first-order chi connectivity index (χ1) is 14.1. The lowest BCUT2D eigenvalue weighted by Gasteiger charge is -2.05. The number of nitrogens with zero attached hydrogens (tertiary/aromatic N) is 2. The number of thioether (sulfide) groups is 1. The zero-order valence-electron chi connectivity index (χ0n) is 15.1. The summed E-state index contributed by atoms with van der Waals surface area (Å²) in [6, 6.07) is 14.9. The van der Waals surface area contributed by atoms with Crippen LogP contribution in [0.4, 0.5) is 9.52 Å². The van der Waals surface area contributed by atoms with Crippen LogP contribution in [0.1, 0.15) is 5.56 Å². The van der Waals surface area contributed by atoms with Crippen LogP contribution in [0.15, 0.2) is 58.9 Å². The number of para-hydroxylation sites is 1. The Morgan fingerprint density at radius 2 is 1.79 bits per heavy atom. The van der Waals surface area contributed by atoms with Crippen molar-refractivity contribution in [2.24, 2.45) is 0 Å². The second kappa shape index (κ2) is 10.5. The van der Waals surface area contributed by atoms with Crippen molar-refractivity contribution >= 4 is 40.0 Å². The van der Waals surface area contributed by atoms with Crippen LogP contribution in [0.3, 0.4) is 0 Å². The SMILES string of the molecule is O=C(CSc1nnc(NC(=O)COc2ccccc2)s1)NCc1ccc(F)cc1. The summed E-state index contributed by atoms with van der Waals surface area (Å²) in [5.41, 5.74) is 0.809. The van der Waals surface area contributed by atoms with Crippen molar-refractivity contribution in [1.82, 2.24) is 15.5 Å². The van der Waals surface area contributed by atoms with Gasteiger partial charge in [0.2, 0.25) is 11.0 Å². The number of hydrogen-bond donors (Lipinski definition) is 2. The Kier molecular flexibility index (Phi) is 7.54. The number of aromatic nitrogens is 2. The molecule has 2 amide bonds. The van der Waals surface area contributed by atoms with Crippen LogP contribution in [0.5, 0.6) is 5.75 Å². The Morgan fingerprint density at radius 1 is 1.03 bits per heavy atom. The van der Waals surface area contributed by atoms with Gasteiger partial charge in [0.05, 0.1) is 5.75 Å². The Morgan fingerprint density at radius 3 is 2.55 bits per heavy atom. The first-order valence-corrected chi connectivity index (χ1v) is 10.3. The molecule has 150 valence electrons. The van der Waals surface area contributed by atoms with E-state index in [2.05, 4.69) is 20.8 Å². The number of carbonyl (C=O) groups excluding carboxylic acids is 2. The number of hydrogen-bond acceptors (Lipinski definition) is 7. The largest absolute Gasteiger partial charge is 0.484 e. The molecule has 1 aromatic heterocycles. The standard InChI is InChI=1S/C19H17FN4O3S2/c20-14-8-6-13(7-9-14)10-21-17(26)12-28-19-24-23-18(29-19)22-16(25)11-27-15-4-2-1-3-5-15/h1-9H,10-12H2,(H,21,26)(H,22,23,25). The molecule has 0 spiro atoms. The molecule has 0 saturated heterocycles. The predicted octanol–water partition coefficient (Wildman–Crippen LogP) is 3.10. The van der Waals surface area contributed by atoms with E-state index in [4.69, 9.17) is 4.74 Å². The predicted molar refractivity (Wildman–Crippen MR) is 109 cm³/mol. The van der Waals surface area contributed by atoms with Crippen molar-refractivity contribution < 1.29 is 18.7 Å². The molecule has 7 nitrogen and oxygen atoms in total. The summed E-state index contributed by atoms with van der Waals surface area (Å²) >= 11 is 2.39. The Bertz CT molecular complexity index is 952. The van der Waals surface area contributed by atoms with Crippen molar-refractivity contribution in [2.75, 3.05) is 17.7 Å². The molecule has 2 N–H and O–H groups in total. The van der Waals surface area contributed by atoms with E-state index >= 15 is 0 Å². The fraction of sp³-hybridized carbons (Fsp3) is 0.158. The third-order valence-corrected chi connectivity index (χ3v) is 5.47. The summed E-state index contributed by atoms with van der Waals surface area (Å²) in [6.07, 6.45) is 0. The topological polar surface area (TPSA) is 93.2 Å². The first kappa shape index (κ1) is 20.7. The maximum atomic E-state index is 12.9. The monoisotopic (exact) mass is 432 g/mol. The highest BCUT2D eigenvalue weighted by Crippen LogP contribution is 2.25. The van der Waals surface area contributed by atoms with Crippen molar-refractivity contribution in [2.45, 2.75) is 10.9 Å². The van der Waals surface area contributed by atoms with Gasteiger partial charge in [0.25, 0.3) is 5.91 Å². The van der Waals surface area contributed by atoms with Crippen molar-refractivity contribution in [3.63, 3.8) is 0 Å². The molecule has 0 aliphatic heterocycles. The maximum Gasteiger partial charge on any atom is 0.264 e. The van der Waals surface area contributed by atoms with E-state index in [-0.39, 0.29) is 30.0 Å². The number of amides is 2. The minimum absolute atomic E-state index is 0.141. The second-order valence-electron chi connectivity index (χ2n) is 5.71. The van der Waals surface area contributed by atoms with Gasteiger partial charge in [-0.15, -0.1) is 10.2 Å².